The van der Waals surface area contributed by atoms with Gasteiger partial charge in [0.25, 0.3) is 5.56 Å². The Bertz CT molecular complexity index is 2150. The van der Waals surface area contributed by atoms with Crippen LogP contribution in [0.25, 0.3) is 22.3 Å². The molecule has 1 saturated carbocycles. The normalized spacial score (nSPS) is 40.1. The molecule has 0 aromatic carbocycles. The van der Waals surface area contributed by atoms with Crippen molar-refractivity contribution in [1.82, 2.24) is 39.0 Å². The number of nitrogen functional groups attached to an aromatic ring is 2. The molecule has 4 aromatic rings. The van der Waals surface area contributed by atoms with Crippen LogP contribution in [0.4, 0.5) is 11.8 Å². The number of hydrogen-bond donors (Lipinski definition) is 6. The van der Waals surface area contributed by atoms with Gasteiger partial charge >= 0.3 is 14.6 Å². The second-order valence-electron chi connectivity index (χ2n) is 12.8. The van der Waals surface area contributed by atoms with Crippen molar-refractivity contribution in [2.75, 3.05) is 24.7 Å². The number of anilines is 2. The van der Waals surface area contributed by atoms with Gasteiger partial charge in [-0.15, -0.1) is 6.58 Å². The Kier molecular flexibility index (Phi) is 7.96. The zero-order valence-corrected chi connectivity index (χ0v) is 29.0. The van der Waals surface area contributed by atoms with Gasteiger partial charge in [-0.2, -0.15) is 4.98 Å². The number of aliphatic hydroxyl groups is 1. The van der Waals surface area contributed by atoms with E-state index >= 15 is 0 Å². The minimum atomic E-state index is -4.98. The third kappa shape index (κ3) is 5.35. The molecule has 1 unspecified atom stereocenters. The molecule has 20 nitrogen and oxygen atoms in total. The number of aromatic amines is 1. The van der Waals surface area contributed by atoms with Crippen LogP contribution in [-0.4, -0.2) is 85.7 Å². The molecule has 3 fully saturated rings. The number of nitrogens with one attached hydrogen (secondary N) is 1. The summed E-state index contributed by atoms with van der Waals surface area (Å²) in [6.45, 7) is 3.19. The number of hydrogen-bond acceptors (Lipinski definition) is 16. The SMILES string of the molecule is C=C[C@]12CO[P@@](=O)(S)O[C@]3(C)[C@@H](O)[C@H](n4cnc5c(N)ncnc54)C[C@]3(C)COP(=O)(O)O[C@@H]([C@H](n3cnc4c(=O)[nH]c(N)nc43)O1)[C@@H]2C. The van der Waals surface area contributed by atoms with Gasteiger partial charge in [0.1, 0.15) is 35.3 Å². The molecule has 2 saturated heterocycles. The van der Waals surface area contributed by atoms with E-state index < -0.39 is 80.4 Å². The summed E-state index contributed by atoms with van der Waals surface area (Å²) in [6.07, 6.45) is 1.31. The number of thiol groups is 1. The van der Waals surface area contributed by atoms with Crippen molar-refractivity contribution in [3.8, 4) is 0 Å². The first-order valence-corrected chi connectivity index (χ1v) is 19.1. The highest BCUT2D eigenvalue weighted by Crippen LogP contribution is 2.66. The van der Waals surface area contributed by atoms with Crippen LogP contribution < -0.4 is 17.0 Å². The van der Waals surface area contributed by atoms with E-state index in [0.717, 1.165) is 0 Å². The van der Waals surface area contributed by atoms with E-state index in [1.54, 1.807) is 18.4 Å². The van der Waals surface area contributed by atoms with Crippen LogP contribution in [0.15, 0.2) is 36.4 Å². The summed E-state index contributed by atoms with van der Waals surface area (Å²) in [7, 11) is -4.98. The van der Waals surface area contributed by atoms with Gasteiger partial charge in [0, 0.05) is 11.3 Å². The monoisotopic (exact) mass is 740 g/mol. The molecule has 0 spiro atoms. The van der Waals surface area contributed by atoms with Gasteiger partial charge in [0.15, 0.2) is 28.9 Å². The predicted octanol–water partition coefficient (Wildman–Crippen LogP) is 1.87. The van der Waals surface area contributed by atoms with Gasteiger partial charge in [-0.3, -0.25) is 32.4 Å². The number of imidazole rings is 2. The second-order valence-corrected chi connectivity index (χ2v) is 17.1. The summed E-state index contributed by atoms with van der Waals surface area (Å²) >= 11 is 4.28. The van der Waals surface area contributed by atoms with Crippen molar-refractivity contribution in [2.24, 2.45) is 11.3 Å². The molecule has 3 aliphatic rings. The van der Waals surface area contributed by atoms with Gasteiger partial charge in [-0.25, -0.2) is 29.1 Å². The third-order valence-electron chi connectivity index (χ3n) is 10.0. The lowest BCUT2D eigenvalue weighted by molar-refractivity contribution is -0.117. The summed E-state index contributed by atoms with van der Waals surface area (Å²) in [6, 6.07) is -0.834. The molecule has 49 heavy (non-hydrogen) atoms. The molecule has 4 aromatic heterocycles. The molecule has 1 aliphatic carbocycles. The molecule has 7 rings (SSSR count). The smallest absolute Gasteiger partial charge is 0.388 e. The number of aliphatic hydroxyl groups excluding tert-OH is 1. The Morgan fingerprint density at radius 2 is 1.82 bits per heavy atom. The highest BCUT2D eigenvalue weighted by atomic mass is 32.7. The van der Waals surface area contributed by atoms with E-state index in [-0.39, 0.29) is 29.4 Å². The predicted molar refractivity (Wildman–Crippen MR) is 175 cm³/mol. The molecule has 264 valence electrons. The van der Waals surface area contributed by atoms with Gasteiger partial charge in [-0.1, -0.05) is 32.2 Å². The second kappa shape index (κ2) is 11.4. The minimum absolute atomic E-state index is 0.000784. The molecule has 10 atom stereocenters. The lowest BCUT2D eigenvalue weighted by Crippen LogP contribution is -2.51. The lowest BCUT2D eigenvalue weighted by atomic mass is 9.77. The molecule has 2 bridgehead atoms. The van der Waals surface area contributed by atoms with E-state index in [9.17, 15) is 23.9 Å². The van der Waals surface area contributed by atoms with Crippen LogP contribution in [0.1, 0.15) is 39.5 Å². The van der Waals surface area contributed by atoms with E-state index in [4.69, 9.17) is 34.3 Å². The first-order valence-electron chi connectivity index (χ1n) is 14.9. The van der Waals surface area contributed by atoms with Gasteiger partial charge in [0.05, 0.1) is 31.9 Å². The fraction of sp³-hybridized carbons (Fsp3) is 0.538. The highest BCUT2D eigenvalue weighted by Gasteiger charge is 2.64. The van der Waals surface area contributed by atoms with Crippen molar-refractivity contribution in [3.05, 3.63) is 42.0 Å². The van der Waals surface area contributed by atoms with E-state index in [1.165, 1.54) is 36.5 Å². The van der Waals surface area contributed by atoms with Gasteiger partial charge in [-0.05, 0) is 13.3 Å². The Morgan fingerprint density at radius 3 is 2.55 bits per heavy atom. The highest BCUT2D eigenvalue weighted by molar-refractivity contribution is 8.44. The number of nitrogens with two attached hydrogens (primary N) is 2. The van der Waals surface area contributed by atoms with Crippen molar-refractivity contribution < 1.29 is 42.0 Å². The maximum absolute atomic E-state index is 14.1. The van der Waals surface area contributed by atoms with E-state index in [1.807, 2.05) is 0 Å². The van der Waals surface area contributed by atoms with Crippen LogP contribution in [-0.2, 0) is 32.0 Å². The molecule has 6 heterocycles. The summed E-state index contributed by atoms with van der Waals surface area (Å²) in [4.78, 5) is 46.9. The van der Waals surface area contributed by atoms with Crippen molar-refractivity contribution >= 4 is 61.0 Å². The molecule has 7 N–H and O–H groups in total. The maximum Gasteiger partial charge on any atom is 0.472 e. The summed E-state index contributed by atoms with van der Waals surface area (Å²) in [5.74, 6) is -0.923. The third-order valence-corrected chi connectivity index (χ3v) is 12.7. The summed E-state index contributed by atoms with van der Waals surface area (Å²) < 4.78 is 60.6. The molecular formula is C26H34N10O10P2S. The Hall–Kier alpha value is -3.23. The standard InChI is InChI=1S/C26H34N10O10P2S/c1-5-26-8-43-48(41,49)46-25(4)17(37)13(35-10-31-14-18(27)29-9-30-19(14)35)6-24(25,3)7-42-47(39,40)45-16(12(26)2)22(44-26)36-11-32-15-20(36)33-23(28)34-21(15)38/h5,9-13,16-17,22,37H,1,6-8H2,2-4H3,(H,39,40)(H,41,49)(H2,27,29,30)(H3,28,33,34,38)/t12-,13+,16+,17-,22+,24+,25+,26+,48+/m0/s1. The maximum atomic E-state index is 14.1. The molecule has 2 aliphatic heterocycles. The fourth-order valence-electron chi connectivity index (χ4n) is 6.96. The van der Waals surface area contributed by atoms with Crippen LogP contribution >= 0.6 is 26.9 Å². The molecule has 0 radical (unpaired) electrons. The van der Waals surface area contributed by atoms with E-state index in [0.29, 0.717) is 11.2 Å². The Balaban J connectivity index is 1.30. The molecule has 0 amide bonds. The molecular weight excluding hydrogens is 706 g/mol. The number of fused-ring (bicyclic) bond motifs is 5. The fourth-order valence-corrected chi connectivity index (χ4v) is 9.97. The van der Waals surface area contributed by atoms with Crippen LogP contribution in [0, 0.1) is 11.3 Å². The quantitative estimate of drug-likeness (QED) is 0.0993. The summed E-state index contributed by atoms with van der Waals surface area (Å²) in [5.41, 5.74) is 7.00. The zero-order chi connectivity index (χ0) is 35.3. The Morgan fingerprint density at radius 1 is 1.10 bits per heavy atom. The number of phosphoric acid groups is 1. The topological polar surface area (TPSA) is 280 Å². The average molecular weight is 741 g/mol. The minimum Gasteiger partial charge on any atom is -0.388 e. The van der Waals surface area contributed by atoms with Crippen molar-refractivity contribution in [3.63, 3.8) is 0 Å². The number of rotatable bonds is 3. The van der Waals surface area contributed by atoms with Crippen LogP contribution in [0.2, 0.25) is 0 Å². The van der Waals surface area contributed by atoms with E-state index in [2.05, 4.69) is 48.7 Å². The number of nitrogens with zero attached hydrogens (tertiary/aromatic N) is 7. The summed E-state index contributed by atoms with van der Waals surface area (Å²) in [5, 5.41) is 11.9. The average Bonchev–Trinajstić information content (AvgIpc) is 3.76. The number of H-pyrrole nitrogens is 1. The van der Waals surface area contributed by atoms with Gasteiger partial charge in [0.2, 0.25) is 5.95 Å². The number of ether oxygens (including phenoxy) is 1. The lowest BCUT2D eigenvalue weighted by Gasteiger charge is -2.43. The van der Waals surface area contributed by atoms with Crippen LogP contribution in [0.3, 0.4) is 0 Å². The first kappa shape index (κ1) is 34.2. The van der Waals surface area contributed by atoms with Crippen molar-refractivity contribution in [1.29, 1.82) is 0 Å². The number of phosphoric ester groups is 1. The Labute approximate surface area is 282 Å². The largest absolute Gasteiger partial charge is 0.472 e. The first-order chi connectivity index (χ1) is 22.9. The van der Waals surface area contributed by atoms with Gasteiger partial charge < -0.3 is 30.8 Å². The van der Waals surface area contributed by atoms with Crippen molar-refractivity contribution in [2.45, 2.75) is 62.9 Å². The molecule has 23 heteroatoms. The zero-order valence-electron chi connectivity index (χ0n) is 26.3. The number of aromatic nitrogens is 8. The van der Waals surface area contributed by atoms with Crippen LogP contribution in [0.5, 0.6) is 0 Å².